The van der Waals surface area contributed by atoms with Gasteiger partial charge in [0.25, 0.3) is 5.91 Å². The zero-order valence-electron chi connectivity index (χ0n) is 16.0. The number of nitrogens with one attached hydrogen (secondary N) is 1. The van der Waals surface area contributed by atoms with Crippen LogP contribution in [-0.4, -0.2) is 33.9 Å². The van der Waals surface area contributed by atoms with Gasteiger partial charge in [0, 0.05) is 24.6 Å². The van der Waals surface area contributed by atoms with E-state index >= 15 is 0 Å². The molecule has 0 bridgehead atoms. The molecule has 1 aromatic heterocycles. The van der Waals surface area contributed by atoms with Gasteiger partial charge in [-0.15, -0.1) is 0 Å². The molecule has 1 saturated heterocycles. The molecule has 4 heteroatoms. The van der Waals surface area contributed by atoms with E-state index in [0.29, 0.717) is 5.92 Å². The summed E-state index contributed by atoms with van der Waals surface area (Å²) >= 11 is 0. The lowest BCUT2D eigenvalue weighted by Gasteiger charge is -2.31. The van der Waals surface area contributed by atoms with Crippen LogP contribution in [0, 0.1) is 6.92 Å². The molecule has 1 amide bonds. The summed E-state index contributed by atoms with van der Waals surface area (Å²) in [6, 6.07) is 20.4. The van der Waals surface area contributed by atoms with Crippen molar-refractivity contribution >= 4 is 27.7 Å². The zero-order valence-corrected chi connectivity index (χ0v) is 16.0. The number of aryl methyl sites for hydroxylation is 1. The second-order valence-corrected chi connectivity index (χ2v) is 7.74. The number of rotatable bonds is 2. The number of hydrogen-bond donors (Lipinski definition) is 1. The van der Waals surface area contributed by atoms with Crippen LogP contribution in [0.4, 0.5) is 0 Å². The Kier molecular flexibility index (Phi) is 4.12. The fourth-order valence-electron chi connectivity index (χ4n) is 4.27. The molecular formula is C24H23N3O. The lowest BCUT2D eigenvalue weighted by molar-refractivity contribution is 0.0713. The van der Waals surface area contributed by atoms with Crippen molar-refractivity contribution in [1.29, 1.82) is 0 Å². The van der Waals surface area contributed by atoms with E-state index in [1.807, 2.05) is 35.2 Å². The van der Waals surface area contributed by atoms with Crippen LogP contribution in [0.5, 0.6) is 0 Å². The van der Waals surface area contributed by atoms with Gasteiger partial charge < -0.3 is 9.88 Å². The van der Waals surface area contributed by atoms with Crippen LogP contribution in [0.3, 0.4) is 0 Å². The van der Waals surface area contributed by atoms with Crippen LogP contribution in [0.1, 0.15) is 40.5 Å². The van der Waals surface area contributed by atoms with Crippen molar-refractivity contribution in [3.05, 3.63) is 77.6 Å². The number of fused-ring (bicyclic) bond motifs is 2. The number of aromatic nitrogens is 2. The first kappa shape index (κ1) is 17.0. The van der Waals surface area contributed by atoms with Crippen LogP contribution in [0.25, 0.3) is 21.8 Å². The largest absolute Gasteiger partial charge is 0.342 e. The maximum absolute atomic E-state index is 13.1. The molecule has 3 aromatic carbocycles. The molecule has 1 aliphatic heterocycles. The Labute approximate surface area is 164 Å². The molecule has 1 fully saturated rings. The van der Waals surface area contributed by atoms with Crippen molar-refractivity contribution in [2.24, 2.45) is 0 Å². The number of benzene rings is 3. The van der Waals surface area contributed by atoms with Gasteiger partial charge in [0.1, 0.15) is 5.82 Å². The number of amides is 1. The standard InChI is InChI=1S/C24H23N3O/c1-16-9-10-21-22(15-16)26-23(25-21)18-11-13-27(14-12-18)24(28)20-8-4-6-17-5-2-3-7-19(17)20/h2-10,15,18H,11-14H2,1H3,(H,25,26). The molecule has 0 atom stereocenters. The van der Waals surface area contributed by atoms with Gasteiger partial charge in [-0.3, -0.25) is 4.79 Å². The number of hydrogen-bond acceptors (Lipinski definition) is 2. The third kappa shape index (κ3) is 2.95. The van der Waals surface area contributed by atoms with E-state index in [-0.39, 0.29) is 5.91 Å². The lowest BCUT2D eigenvalue weighted by atomic mass is 9.95. The van der Waals surface area contributed by atoms with E-state index in [1.54, 1.807) is 0 Å². The molecular weight excluding hydrogens is 346 g/mol. The molecule has 140 valence electrons. The molecule has 0 saturated carbocycles. The maximum atomic E-state index is 13.1. The van der Waals surface area contributed by atoms with Gasteiger partial charge in [-0.2, -0.15) is 0 Å². The second-order valence-electron chi connectivity index (χ2n) is 7.74. The predicted molar refractivity (Wildman–Crippen MR) is 113 cm³/mol. The van der Waals surface area contributed by atoms with E-state index in [0.717, 1.165) is 59.1 Å². The Balaban J connectivity index is 1.34. The van der Waals surface area contributed by atoms with Crippen LogP contribution in [0.15, 0.2) is 60.7 Å². The SMILES string of the molecule is Cc1ccc2nc(C3CCN(C(=O)c4cccc5ccccc45)CC3)[nH]c2c1. The number of H-pyrrole nitrogens is 1. The van der Waals surface area contributed by atoms with Crippen LogP contribution >= 0.6 is 0 Å². The molecule has 4 nitrogen and oxygen atoms in total. The summed E-state index contributed by atoms with van der Waals surface area (Å²) in [7, 11) is 0. The average Bonchev–Trinajstić information content (AvgIpc) is 3.16. The van der Waals surface area contributed by atoms with Crippen molar-refractivity contribution in [1.82, 2.24) is 14.9 Å². The fraction of sp³-hybridized carbons (Fsp3) is 0.250. The van der Waals surface area contributed by atoms with Crippen molar-refractivity contribution < 1.29 is 4.79 Å². The third-order valence-corrected chi connectivity index (χ3v) is 5.84. The minimum atomic E-state index is 0.135. The molecule has 0 spiro atoms. The van der Waals surface area contributed by atoms with Crippen molar-refractivity contribution in [2.45, 2.75) is 25.7 Å². The van der Waals surface area contributed by atoms with Gasteiger partial charge >= 0.3 is 0 Å². The Bertz CT molecular complexity index is 1160. The number of piperidine rings is 1. The minimum absolute atomic E-state index is 0.135. The third-order valence-electron chi connectivity index (χ3n) is 5.84. The van der Waals surface area contributed by atoms with Gasteiger partial charge in [0.15, 0.2) is 0 Å². The highest BCUT2D eigenvalue weighted by Crippen LogP contribution is 2.29. The summed E-state index contributed by atoms with van der Waals surface area (Å²) in [6.07, 6.45) is 1.88. The second kappa shape index (κ2) is 6.79. The highest BCUT2D eigenvalue weighted by atomic mass is 16.2. The number of carbonyl (C=O) groups excluding carboxylic acids is 1. The van der Waals surface area contributed by atoms with Gasteiger partial charge in [0.05, 0.1) is 11.0 Å². The Morgan fingerprint density at radius 1 is 1.04 bits per heavy atom. The molecule has 28 heavy (non-hydrogen) atoms. The maximum Gasteiger partial charge on any atom is 0.254 e. The average molecular weight is 369 g/mol. The first-order valence-corrected chi connectivity index (χ1v) is 9.92. The first-order chi connectivity index (χ1) is 13.7. The topological polar surface area (TPSA) is 49.0 Å². The Morgan fingerprint density at radius 2 is 1.82 bits per heavy atom. The quantitative estimate of drug-likeness (QED) is 0.538. The molecule has 0 radical (unpaired) electrons. The van der Waals surface area contributed by atoms with E-state index in [9.17, 15) is 4.79 Å². The smallest absolute Gasteiger partial charge is 0.254 e. The number of nitrogens with zero attached hydrogens (tertiary/aromatic N) is 2. The van der Waals surface area contributed by atoms with Gasteiger partial charge in [-0.05, 0) is 54.3 Å². The van der Waals surface area contributed by atoms with Crippen molar-refractivity contribution in [3.63, 3.8) is 0 Å². The van der Waals surface area contributed by atoms with E-state index in [1.165, 1.54) is 5.56 Å². The summed E-state index contributed by atoms with van der Waals surface area (Å²) in [5, 5.41) is 2.14. The minimum Gasteiger partial charge on any atom is -0.342 e. The molecule has 1 aliphatic rings. The van der Waals surface area contributed by atoms with Gasteiger partial charge in [0.2, 0.25) is 0 Å². The molecule has 2 heterocycles. The fourth-order valence-corrected chi connectivity index (χ4v) is 4.27. The summed E-state index contributed by atoms with van der Waals surface area (Å²) in [6.45, 7) is 3.63. The predicted octanol–water partition coefficient (Wildman–Crippen LogP) is 5.04. The van der Waals surface area contributed by atoms with Crippen LogP contribution < -0.4 is 0 Å². The Hall–Kier alpha value is -3.14. The monoisotopic (exact) mass is 369 g/mol. The normalized spacial score (nSPS) is 15.4. The summed E-state index contributed by atoms with van der Waals surface area (Å²) in [4.78, 5) is 23.4. The van der Waals surface area contributed by atoms with Crippen LogP contribution in [-0.2, 0) is 0 Å². The van der Waals surface area contributed by atoms with Crippen LogP contribution in [0.2, 0.25) is 0 Å². The molecule has 1 N–H and O–H groups in total. The summed E-state index contributed by atoms with van der Waals surface area (Å²) in [5.74, 6) is 1.57. The molecule has 0 aliphatic carbocycles. The van der Waals surface area contributed by atoms with Gasteiger partial charge in [-0.1, -0.05) is 42.5 Å². The van der Waals surface area contributed by atoms with Gasteiger partial charge in [-0.25, -0.2) is 4.98 Å². The molecule has 5 rings (SSSR count). The first-order valence-electron chi connectivity index (χ1n) is 9.92. The zero-order chi connectivity index (χ0) is 19.1. The van der Waals surface area contributed by atoms with Crippen molar-refractivity contribution in [2.75, 3.05) is 13.1 Å². The number of likely N-dealkylation sites (tertiary alicyclic amines) is 1. The molecule has 4 aromatic rings. The summed E-state index contributed by atoms with van der Waals surface area (Å²) in [5.41, 5.74) is 4.16. The highest BCUT2D eigenvalue weighted by Gasteiger charge is 2.27. The van der Waals surface area contributed by atoms with E-state index < -0.39 is 0 Å². The van der Waals surface area contributed by atoms with E-state index in [2.05, 4.69) is 42.2 Å². The number of imidazole rings is 1. The van der Waals surface area contributed by atoms with E-state index in [4.69, 9.17) is 4.98 Å². The summed E-state index contributed by atoms with van der Waals surface area (Å²) < 4.78 is 0. The Morgan fingerprint density at radius 3 is 2.68 bits per heavy atom. The van der Waals surface area contributed by atoms with Crippen molar-refractivity contribution in [3.8, 4) is 0 Å². The lowest BCUT2D eigenvalue weighted by Crippen LogP contribution is -2.38. The highest BCUT2D eigenvalue weighted by molar-refractivity contribution is 6.07. The number of carbonyl (C=O) groups is 1. The number of aromatic amines is 1. The molecule has 0 unspecified atom stereocenters.